The lowest BCUT2D eigenvalue weighted by Gasteiger charge is -2.03. The van der Waals surface area contributed by atoms with E-state index in [2.05, 4.69) is 9.97 Å². The number of aromatic amines is 1. The summed E-state index contributed by atoms with van der Waals surface area (Å²) in [5, 5.41) is 11.9. The van der Waals surface area contributed by atoms with Gasteiger partial charge in [-0.25, -0.2) is 9.78 Å². The molecular weight excluding hydrogens is 308 g/mol. The van der Waals surface area contributed by atoms with Gasteiger partial charge in [-0.3, -0.25) is 4.79 Å². The minimum Gasteiger partial charge on any atom is -0.478 e. The van der Waals surface area contributed by atoms with E-state index in [4.69, 9.17) is 5.11 Å². The first-order valence-corrected chi connectivity index (χ1v) is 7.92. The third-order valence-electron chi connectivity index (χ3n) is 2.86. The Bertz CT molecular complexity index is 870. The maximum Gasteiger partial charge on any atom is 0.335 e. The van der Waals surface area contributed by atoms with Crippen LogP contribution >= 0.6 is 23.1 Å². The highest BCUT2D eigenvalue weighted by atomic mass is 32.2. The summed E-state index contributed by atoms with van der Waals surface area (Å²) < 4.78 is 0. The van der Waals surface area contributed by atoms with Gasteiger partial charge in [-0.2, -0.15) is 0 Å². The Morgan fingerprint density at radius 2 is 2.24 bits per heavy atom. The zero-order chi connectivity index (χ0) is 14.8. The second kappa shape index (κ2) is 5.71. The fraction of sp³-hybridized carbons (Fsp3) is 0.0714. The molecule has 0 amide bonds. The molecule has 1 aromatic carbocycles. The van der Waals surface area contributed by atoms with Crippen molar-refractivity contribution in [1.82, 2.24) is 9.97 Å². The van der Waals surface area contributed by atoms with Gasteiger partial charge in [-0.1, -0.05) is 23.9 Å². The van der Waals surface area contributed by atoms with Gasteiger partial charge in [-0.05, 0) is 29.1 Å². The van der Waals surface area contributed by atoms with Crippen molar-refractivity contribution in [3.05, 3.63) is 57.2 Å². The lowest BCUT2D eigenvalue weighted by Crippen LogP contribution is -2.07. The molecule has 5 nitrogen and oxygen atoms in total. The number of hydrogen-bond donors (Lipinski definition) is 2. The number of rotatable bonds is 4. The first-order valence-electron chi connectivity index (χ1n) is 6.06. The lowest BCUT2D eigenvalue weighted by molar-refractivity contribution is 0.0697. The molecule has 0 unspecified atom stereocenters. The summed E-state index contributed by atoms with van der Waals surface area (Å²) in [6, 6.07) is 8.47. The number of nitrogens with zero attached hydrogens (tertiary/aromatic N) is 1. The summed E-state index contributed by atoms with van der Waals surface area (Å²) in [4.78, 5) is 30.6. The number of carboxylic acids is 1. The number of thioether (sulfide) groups is 1. The minimum absolute atomic E-state index is 0.150. The van der Waals surface area contributed by atoms with Crippen LogP contribution in [0.2, 0.25) is 0 Å². The average Bonchev–Trinajstić information content (AvgIpc) is 2.94. The Morgan fingerprint density at radius 1 is 1.38 bits per heavy atom. The molecule has 0 fully saturated rings. The zero-order valence-corrected chi connectivity index (χ0v) is 12.3. The Kier molecular flexibility index (Phi) is 3.76. The number of H-pyrrole nitrogens is 1. The molecule has 0 spiro atoms. The topological polar surface area (TPSA) is 83.0 Å². The Hall–Kier alpha value is -2.12. The van der Waals surface area contributed by atoms with Crippen LogP contribution in [0, 0.1) is 0 Å². The van der Waals surface area contributed by atoms with Crippen molar-refractivity contribution in [3.63, 3.8) is 0 Å². The normalized spacial score (nSPS) is 10.9. The van der Waals surface area contributed by atoms with Gasteiger partial charge >= 0.3 is 5.97 Å². The van der Waals surface area contributed by atoms with Crippen molar-refractivity contribution < 1.29 is 9.90 Å². The Labute approximate surface area is 127 Å². The quantitative estimate of drug-likeness (QED) is 0.571. The van der Waals surface area contributed by atoms with Gasteiger partial charge in [0.15, 0.2) is 5.16 Å². The molecule has 0 saturated carbocycles. The molecule has 106 valence electrons. The summed E-state index contributed by atoms with van der Waals surface area (Å²) in [5.41, 5.74) is 0.972. The number of carbonyl (C=O) groups is 1. The van der Waals surface area contributed by atoms with Gasteiger partial charge in [0.2, 0.25) is 0 Å². The number of aromatic carboxylic acids is 1. The van der Waals surface area contributed by atoms with Gasteiger partial charge < -0.3 is 10.1 Å². The maximum atomic E-state index is 11.8. The molecule has 0 aliphatic heterocycles. The molecule has 0 aliphatic carbocycles. The van der Waals surface area contributed by atoms with E-state index in [1.165, 1.54) is 23.1 Å². The molecule has 0 bridgehead atoms. The van der Waals surface area contributed by atoms with Crippen LogP contribution < -0.4 is 5.56 Å². The summed E-state index contributed by atoms with van der Waals surface area (Å²) in [5.74, 6) is -0.408. The number of benzene rings is 1. The smallest absolute Gasteiger partial charge is 0.335 e. The number of carboxylic acid groups (broad SMARTS) is 1. The number of nitrogens with one attached hydrogen (secondary N) is 1. The zero-order valence-electron chi connectivity index (χ0n) is 10.7. The van der Waals surface area contributed by atoms with Crippen molar-refractivity contribution in [2.75, 3.05) is 0 Å². The van der Waals surface area contributed by atoms with Crippen molar-refractivity contribution in [3.8, 4) is 0 Å². The van der Waals surface area contributed by atoms with E-state index in [9.17, 15) is 9.59 Å². The standard InChI is InChI=1S/C14H10N2O3S2/c17-11-10-4-5-20-12(10)16-14(15-11)21-7-8-2-1-3-9(6-8)13(18)19/h1-6H,7H2,(H,18,19)(H,15,16,17). The second-order valence-corrected chi connectivity index (χ2v) is 6.16. The number of hydrogen-bond acceptors (Lipinski definition) is 5. The van der Waals surface area contributed by atoms with E-state index in [-0.39, 0.29) is 11.1 Å². The SMILES string of the molecule is O=C(O)c1cccc(CSc2nc3sccc3c(=O)[nH]2)c1. The van der Waals surface area contributed by atoms with Crippen molar-refractivity contribution in [1.29, 1.82) is 0 Å². The number of fused-ring (bicyclic) bond motifs is 1. The average molecular weight is 318 g/mol. The van der Waals surface area contributed by atoms with Gasteiger partial charge in [0, 0.05) is 5.75 Å². The second-order valence-electron chi connectivity index (χ2n) is 4.30. The van der Waals surface area contributed by atoms with Crippen LogP contribution in [-0.4, -0.2) is 21.0 Å². The summed E-state index contributed by atoms with van der Waals surface area (Å²) in [6.45, 7) is 0. The number of thiophene rings is 1. The van der Waals surface area contributed by atoms with Crippen LogP contribution in [0.5, 0.6) is 0 Å². The van der Waals surface area contributed by atoms with Crippen LogP contribution in [0.25, 0.3) is 10.2 Å². The van der Waals surface area contributed by atoms with Crippen LogP contribution in [0.1, 0.15) is 15.9 Å². The fourth-order valence-electron chi connectivity index (χ4n) is 1.86. The fourth-order valence-corrected chi connectivity index (χ4v) is 3.49. The molecule has 2 N–H and O–H groups in total. The molecule has 3 rings (SSSR count). The molecule has 0 atom stereocenters. The highest BCUT2D eigenvalue weighted by Gasteiger charge is 2.07. The van der Waals surface area contributed by atoms with Gasteiger partial charge in [-0.15, -0.1) is 11.3 Å². The molecule has 7 heteroatoms. The summed E-state index contributed by atoms with van der Waals surface area (Å²) in [7, 11) is 0. The van der Waals surface area contributed by atoms with Crippen LogP contribution in [-0.2, 0) is 5.75 Å². The highest BCUT2D eigenvalue weighted by Crippen LogP contribution is 2.22. The van der Waals surface area contributed by atoms with E-state index in [0.717, 1.165) is 5.56 Å². The molecule has 2 aromatic heterocycles. The third kappa shape index (κ3) is 2.98. The van der Waals surface area contributed by atoms with Crippen molar-refractivity contribution >= 4 is 39.3 Å². The van der Waals surface area contributed by atoms with E-state index in [1.807, 2.05) is 11.4 Å². The molecule has 3 aromatic rings. The maximum absolute atomic E-state index is 11.8. The Morgan fingerprint density at radius 3 is 3.05 bits per heavy atom. The monoisotopic (exact) mass is 318 g/mol. The van der Waals surface area contributed by atoms with Gasteiger partial charge in [0.25, 0.3) is 5.56 Å². The first kappa shape index (κ1) is 13.8. The predicted molar refractivity (Wildman–Crippen MR) is 83.2 cm³/mol. The van der Waals surface area contributed by atoms with Crippen LogP contribution in [0.15, 0.2) is 45.7 Å². The molecule has 0 saturated heterocycles. The van der Waals surface area contributed by atoms with Gasteiger partial charge in [0.1, 0.15) is 4.83 Å². The summed E-state index contributed by atoms with van der Waals surface area (Å²) >= 11 is 2.79. The molecule has 0 radical (unpaired) electrons. The van der Waals surface area contributed by atoms with E-state index in [1.54, 1.807) is 24.3 Å². The van der Waals surface area contributed by atoms with Crippen molar-refractivity contribution in [2.24, 2.45) is 0 Å². The first-order chi connectivity index (χ1) is 10.1. The number of aromatic nitrogens is 2. The largest absolute Gasteiger partial charge is 0.478 e. The van der Waals surface area contributed by atoms with E-state index < -0.39 is 5.97 Å². The molecular formula is C14H10N2O3S2. The van der Waals surface area contributed by atoms with Gasteiger partial charge in [0.05, 0.1) is 10.9 Å². The summed E-state index contributed by atoms with van der Waals surface area (Å²) in [6.07, 6.45) is 0. The van der Waals surface area contributed by atoms with Crippen molar-refractivity contribution in [2.45, 2.75) is 10.9 Å². The van der Waals surface area contributed by atoms with E-state index >= 15 is 0 Å². The Balaban J connectivity index is 1.81. The lowest BCUT2D eigenvalue weighted by atomic mass is 10.1. The molecule has 0 aliphatic rings. The molecule has 21 heavy (non-hydrogen) atoms. The highest BCUT2D eigenvalue weighted by molar-refractivity contribution is 7.98. The molecule has 2 heterocycles. The minimum atomic E-state index is -0.951. The van der Waals surface area contributed by atoms with Crippen LogP contribution in [0.4, 0.5) is 0 Å². The van der Waals surface area contributed by atoms with E-state index in [0.29, 0.717) is 21.1 Å². The van der Waals surface area contributed by atoms with Crippen LogP contribution in [0.3, 0.4) is 0 Å². The third-order valence-corrected chi connectivity index (χ3v) is 4.61. The predicted octanol–water partition coefficient (Wildman–Crippen LogP) is 2.98.